The summed E-state index contributed by atoms with van der Waals surface area (Å²) in [5.74, 6) is 0. The SMILES string of the molecule is CCc1c2c(nn1C1CN(CC)C1)CN=CN2. The molecule has 5 nitrogen and oxygen atoms in total. The van der Waals surface area contributed by atoms with Gasteiger partial charge in [-0.15, -0.1) is 0 Å². The van der Waals surface area contributed by atoms with Crippen molar-refractivity contribution in [1.82, 2.24) is 14.7 Å². The van der Waals surface area contributed by atoms with Gasteiger partial charge in [-0.3, -0.25) is 14.6 Å². The number of fused-ring (bicyclic) bond motifs is 1. The highest BCUT2D eigenvalue weighted by Gasteiger charge is 2.31. The molecule has 5 heteroatoms. The second kappa shape index (κ2) is 4.14. The van der Waals surface area contributed by atoms with Crippen LogP contribution in [0.5, 0.6) is 0 Å². The van der Waals surface area contributed by atoms with Crippen LogP contribution in [0, 0.1) is 0 Å². The highest BCUT2D eigenvalue weighted by Crippen LogP contribution is 2.30. The van der Waals surface area contributed by atoms with E-state index in [0.29, 0.717) is 12.6 Å². The van der Waals surface area contributed by atoms with Crippen LogP contribution < -0.4 is 5.32 Å². The van der Waals surface area contributed by atoms with Crippen molar-refractivity contribution in [1.29, 1.82) is 0 Å². The summed E-state index contributed by atoms with van der Waals surface area (Å²) in [6.07, 6.45) is 2.80. The van der Waals surface area contributed by atoms with Crippen molar-refractivity contribution in [2.24, 2.45) is 4.99 Å². The molecule has 1 saturated heterocycles. The Labute approximate surface area is 102 Å². The zero-order valence-electron chi connectivity index (χ0n) is 10.5. The fraction of sp³-hybridized carbons (Fsp3) is 0.667. The van der Waals surface area contributed by atoms with E-state index in [1.54, 1.807) is 6.34 Å². The van der Waals surface area contributed by atoms with Gasteiger partial charge in [0.15, 0.2) is 0 Å². The van der Waals surface area contributed by atoms with Crippen LogP contribution in [-0.2, 0) is 13.0 Å². The molecular weight excluding hydrogens is 214 g/mol. The van der Waals surface area contributed by atoms with Crippen LogP contribution in [0.4, 0.5) is 5.69 Å². The molecule has 0 bridgehead atoms. The average molecular weight is 233 g/mol. The topological polar surface area (TPSA) is 45.5 Å². The maximum atomic E-state index is 4.73. The largest absolute Gasteiger partial charge is 0.344 e. The number of aromatic nitrogens is 2. The van der Waals surface area contributed by atoms with Gasteiger partial charge < -0.3 is 5.32 Å². The first kappa shape index (κ1) is 10.8. The molecule has 17 heavy (non-hydrogen) atoms. The molecule has 2 aliphatic heterocycles. The zero-order chi connectivity index (χ0) is 11.8. The van der Waals surface area contributed by atoms with Crippen molar-refractivity contribution >= 4 is 12.0 Å². The van der Waals surface area contributed by atoms with E-state index in [1.807, 2.05) is 0 Å². The standard InChI is InChI=1S/C12H19N5/c1-3-11-12-10(5-13-8-14-12)15-17(11)9-6-16(4-2)7-9/h8-9H,3-7H2,1-2H3,(H,13,14). The minimum absolute atomic E-state index is 0.553. The highest BCUT2D eigenvalue weighted by molar-refractivity contribution is 5.80. The fourth-order valence-corrected chi connectivity index (χ4v) is 2.64. The van der Waals surface area contributed by atoms with Crippen LogP contribution in [0.2, 0.25) is 0 Å². The van der Waals surface area contributed by atoms with Crippen molar-refractivity contribution in [2.45, 2.75) is 32.9 Å². The Bertz CT molecular complexity index is 442. The van der Waals surface area contributed by atoms with E-state index < -0.39 is 0 Å². The molecule has 2 aliphatic rings. The maximum absolute atomic E-state index is 4.73. The van der Waals surface area contributed by atoms with Crippen molar-refractivity contribution in [3.8, 4) is 0 Å². The summed E-state index contributed by atoms with van der Waals surface area (Å²) < 4.78 is 2.22. The lowest BCUT2D eigenvalue weighted by molar-refractivity contribution is 0.103. The molecule has 0 amide bonds. The Kier molecular flexibility index (Phi) is 2.63. The molecular formula is C12H19N5. The lowest BCUT2D eigenvalue weighted by Crippen LogP contribution is -2.48. The van der Waals surface area contributed by atoms with Gasteiger partial charge in [-0.1, -0.05) is 13.8 Å². The molecule has 0 aliphatic carbocycles. The first-order valence-electron chi connectivity index (χ1n) is 6.41. The van der Waals surface area contributed by atoms with Gasteiger partial charge in [0.05, 0.1) is 30.3 Å². The maximum Gasteiger partial charge on any atom is 0.108 e. The summed E-state index contributed by atoms with van der Waals surface area (Å²) in [7, 11) is 0. The predicted octanol–water partition coefficient (Wildman–Crippen LogP) is 1.28. The van der Waals surface area contributed by atoms with Gasteiger partial charge >= 0.3 is 0 Å². The van der Waals surface area contributed by atoms with Crippen LogP contribution in [0.3, 0.4) is 0 Å². The Balaban J connectivity index is 1.87. The van der Waals surface area contributed by atoms with Gasteiger partial charge in [-0.05, 0) is 13.0 Å². The third kappa shape index (κ3) is 1.65. The van der Waals surface area contributed by atoms with Crippen molar-refractivity contribution in [3.05, 3.63) is 11.4 Å². The second-order valence-corrected chi connectivity index (χ2v) is 4.69. The predicted molar refractivity (Wildman–Crippen MR) is 68.6 cm³/mol. The molecule has 1 aromatic heterocycles. The van der Waals surface area contributed by atoms with E-state index in [9.17, 15) is 0 Å². The van der Waals surface area contributed by atoms with Crippen molar-refractivity contribution in [2.75, 3.05) is 25.0 Å². The van der Waals surface area contributed by atoms with E-state index in [0.717, 1.165) is 31.7 Å². The minimum atomic E-state index is 0.553. The molecule has 1 N–H and O–H groups in total. The average Bonchev–Trinajstić information content (AvgIpc) is 2.65. The van der Waals surface area contributed by atoms with Gasteiger partial charge in [0, 0.05) is 13.1 Å². The van der Waals surface area contributed by atoms with Crippen LogP contribution in [0.25, 0.3) is 0 Å². The number of nitrogens with one attached hydrogen (secondary N) is 1. The third-order valence-electron chi connectivity index (χ3n) is 3.69. The molecule has 0 aromatic carbocycles. The fourth-order valence-electron chi connectivity index (χ4n) is 2.64. The number of nitrogens with zero attached hydrogens (tertiary/aromatic N) is 4. The molecule has 3 rings (SSSR count). The van der Waals surface area contributed by atoms with Crippen LogP contribution in [-0.4, -0.2) is 40.7 Å². The van der Waals surface area contributed by atoms with Crippen molar-refractivity contribution < 1.29 is 0 Å². The minimum Gasteiger partial charge on any atom is -0.344 e. The number of hydrogen-bond acceptors (Lipinski definition) is 4. The molecule has 0 radical (unpaired) electrons. The first-order valence-corrected chi connectivity index (χ1v) is 6.41. The Morgan fingerprint density at radius 1 is 1.41 bits per heavy atom. The molecule has 0 unspecified atom stereocenters. The Hall–Kier alpha value is -1.36. The summed E-state index contributed by atoms with van der Waals surface area (Å²) in [6.45, 7) is 8.51. The van der Waals surface area contributed by atoms with E-state index in [1.165, 1.54) is 11.4 Å². The lowest BCUT2D eigenvalue weighted by atomic mass is 10.1. The number of hydrogen-bond donors (Lipinski definition) is 1. The van der Waals surface area contributed by atoms with Gasteiger partial charge in [-0.25, -0.2) is 0 Å². The van der Waals surface area contributed by atoms with Gasteiger partial charge in [0.25, 0.3) is 0 Å². The van der Waals surface area contributed by atoms with Gasteiger partial charge in [0.2, 0.25) is 0 Å². The highest BCUT2D eigenvalue weighted by atomic mass is 15.4. The second-order valence-electron chi connectivity index (χ2n) is 4.69. The molecule has 3 heterocycles. The van der Waals surface area contributed by atoms with Gasteiger partial charge in [0.1, 0.15) is 5.69 Å². The molecule has 0 saturated carbocycles. The molecule has 92 valence electrons. The number of likely N-dealkylation sites (N-methyl/N-ethyl adjacent to an activating group) is 1. The Morgan fingerprint density at radius 3 is 2.94 bits per heavy atom. The summed E-state index contributed by atoms with van der Waals surface area (Å²) >= 11 is 0. The Morgan fingerprint density at radius 2 is 2.24 bits per heavy atom. The van der Waals surface area contributed by atoms with E-state index in [4.69, 9.17) is 5.10 Å². The lowest BCUT2D eigenvalue weighted by Gasteiger charge is -2.39. The van der Waals surface area contributed by atoms with Crippen LogP contribution in [0.1, 0.15) is 31.3 Å². The molecule has 0 atom stereocenters. The number of anilines is 1. The summed E-state index contributed by atoms with van der Waals surface area (Å²) in [4.78, 5) is 6.66. The van der Waals surface area contributed by atoms with Crippen LogP contribution >= 0.6 is 0 Å². The smallest absolute Gasteiger partial charge is 0.108 e. The molecule has 1 aromatic rings. The monoisotopic (exact) mass is 233 g/mol. The van der Waals surface area contributed by atoms with E-state index in [2.05, 4.69) is 33.7 Å². The van der Waals surface area contributed by atoms with Crippen molar-refractivity contribution in [3.63, 3.8) is 0 Å². The summed E-state index contributed by atoms with van der Waals surface area (Å²) in [5.41, 5.74) is 3.61. The summed E-state index contributed by atoms with van der Waals surface area (Å²) in [5, 5.41) is 7.97. The number of likely N-dealkylation sites (tertiary alicyclic amines) is 1. The van der Waals surface area contributed by atoms with E-state index >= 15 is 0 Å². The van der Waals surface area contributed by atoms with Crippen LogP contribution in [0.15, 0.2) is 4.99 Å². The summed E-state index contributed by atoms with van der Waals surface area (Å²) in [6, 6.07) is 0.553. The zero-order valence-corrected chi connectivity index (χ0v) is 10.5. The number of aliphatic imine (C=N–C) groups is 1. The molecule has 0 spiro atoms. The third-order valence-corrected chi connectivity index (χ3v) is 3.69. The van der Waals surface area contributed by atoms with Gasteiger partial charge in [-0.2, -0.15) is 5.10 Å². The number of rotatable bonds is 3. The van der Waals surface area contributed by atoms with E-state index in [-0.39, 0.29) is 0 Å². The normalized spacial score (nSPS) is 19.9. The molecule has 1 fully saturated rings. The first-order chi connectivity index (χ1) is 8.33. The quantitative estimate of drug-likeness (QED) is 0.855.